The highest BCUT2D eigenvalue weighted by atomic mass is 16.5. The van der Waals surface area contributed by atoms with Crippen molar-refractivity contribution in [1.29, 1.82) is 0 Å². The molecule has 29 heavy (non-hydrogen) atoms. The van der Waals surface area contributed by atoms with Gasteiger partial charge in [-0.3, -0.25) is 14.4 Å². The van der Waals surface area contributed by atoms with Crippen LogP contribution in [0.3, 0.4) is 0 Å². The van der Waals surface area contributed by atoms with Crippen LogP contribution >= 0.6 is 0 Å². The Bertz CT molecular complexity index is 1060. The predicted molar refractivity (Wildman–Crippen MR) is 107 cm³/mol. The van der Waals surface area contributed by atoms with E-state index < -0.39 is 0 Å². The molecule has 1 atom stereocenters. The van der Waals surface area contributed by atoms with Crippen molar-refractivity contribution in [3.63, 3.8) is 0 Å². The molecule has 0 bridgehead atoms. The van der Waals surface area contributed by atoms with E-state index >= 15 is 0 Å². The lowest BCUT2D eigenvalue weighted by atomic mass is 9.97. The van der Waals surface area contributed by atoms with Gasteiger partial charge in [0.2, 0.25) is 0 Å². The summed E-state index contributed by atoms with van der Waals surface area (Å²) in [4.78, 5) is 39.4. The fraction of sp³-hybridized carbons (Fsp3) is 0.524. The maximum Gasteiger partial charge on any atom is 0.267 e. The minimum absolute atomic E-state index is 0.107. The number of carbonyl (C=O) groups excluding carboxylic acids is 1. The number of methoxy groups -OCH3 is 1. The number of hydrogen-bond acceptors (Lipinski definition) is 5. The van der Waals surface area contributed by atoms with Crippen molar-refractivity contribution < 1.29 is 9.53 Å². The SMILES string of the molecule is COc1cc(=O)n(C)cc1C(=O)N1CCCC1Cn1nc2c(cc1=O)CCCC2. The minimum atomic E-state index is -0.235. The zero-order valence-electron chi connectivity index (χ0n) is 16.9. The van der Waals surface area contributed by atoms with Crippen molar-refractivity contribution in [2.75, 3.05) is 13.7 Å². The Balaban J connectivity index is 1.60. The first-order chi connectivity index (χ1) is 14.0. The Morgan fingerprint density at radius 2 is 1.97 bits per heavy atom. The number of ether oxygens (including phenoxy) is 1. The number of amides is 1. The normalized spacial score (nSPS) is 18.6. The lowest BCUT2D eigenvalue weighted by molar-refractivity contribution is 0.0715. The Hall–Kier alpha value is -2.90. The number of pyridine rings is 1. The van der Waals surface area contributed by atoms with Crippen LogP contribution in [0.25, 0.3) is 0 Å². The summed E-state index contributed by atoms with van der Waals surface area (Å²) >= 11 is 0. The van der Waals surface area contributed by atoms with Gasteiger partial charge in [-0.05, 0) is 44.1 Å². The van der Waals surface area contributed by atoms with Gasteiger partial charge in [-0.15, -0.1) is 0 Å². The van der Waals surface area contributed by atoms with Crippen LogP contribution in [0, 0.1) is 0 Å². The van der Waals surface area contributed by atoms with E-state index in [1.165, 1.54) is 28.6 Å². The summed E-state index contributed by atoms with van der Waals surface area (Å²) < 4.78 is 8.15. The second kappa shape index (κ2) is 7.85. The molecule has 4 rings (SSSR count). The van der Waals surface area contributed by atoms with Gasteiger partial charge in [0.1, 0.15) is 5.75 Å². The van der Waals surface area contributed by atoms with Gasteiger partial charge in [0.15, 0.2) is 0 Å². The quantitative estimate of drug-likeness (QED) is 0.771. The van der Waals surface area contributed by atoms with Crippen LogP contribution in [0.1, 0.15) is 47.3 Å². The van der Waals surface area contributed by atoms with Crippen molar-refractivity contribution >= 4 is 5.91 Å². The van der Waals surface area contributed by atoms with E-state index in [0.717, 1.165) is 49.8 Å². The van der Waals surface area contributed by atoms with Gasteiger partial charge in [0, 0.05) is 31.9 Å². The average Bonchev–Trinajstić information content (AvgIpc) is 3.18. The molecule has 154 valence electrons. The highest BCUT2D eigenvalue weighted by Crippen LogP contribution is 2.25. The van der Waals surface area contributed by atoms with Crippen LogP contribution in [0.4, 0.5) is 0 Å². The molecule has 1 amide bonds. The summed E-state index contributed by atoms with van der Waals surface area (Å²) in [5.41, 5.74) is 2.08. The first kappa shape index (κ1) is 19.4. The summed E-state index contributed by atoms with van der Waals surface area (Å²) in [6.07, 6.45) is 7.21. The largest absolute Gasteiger partial charge is 0.496 e. The molecule has 2 aromatic rings. The zero-order valence-corrected chi connectivity index (χ0v) is 16.9. The second-order valence-corrected chi connectivity index (χ2v) is 7.84. The van der Waals surface area contributed by atoms with Crippen LogP contribution in [-0.4, -0.2) is 44.9 Å². The van der Waals surface area contributed by atoms with E-state index in [1.807, 2.05) is 0 Å². The number of carbonyl (C=O) groups is 1. The minimum Gasteiger partial charge on any atom is -0.496 e. The van der Waals surface area contributed by atoms with E-state index in [4.69, 9.17) is 4.74 Å². The van der Waals surface area contributed by atoms with Crippen LogP contribution in [0.15, 0.2) is 27.9 Å². The van der Waals surface area contributed by atoms with Crippen molar-refractivity contribution in [3.8, 4) is 5.75 Å². The zero-order chi connectivity index (χ0) is 20.5. The second-order valence-electron chi connectivity index (χ2n) is 7.84. The molecule has 0 spiro atoms. The van der Waals surface area contributed by atoms with Crippen LogP contribution in [0.2, 0.25) is 0 Å². The van der Waals surface area contributed by atoms with Gasteiger partial charge < -0.3 is 14.2 Å². The van der Waals surface area contributed by atoms with E-state index in [9.17, 15) is 14.4 Å². The molecule has 0 aromatic carbocycles. The Kier molecular flexibility index (Phi) is 5.25. The predicted octanol–water partition coefficient (Wildman–Crippen LogP) is 1.13. The molecular formula is C21H26N4O4. The third kappa shape index (κ3) is 3.71. The summed E-state index contributed by atoms with van der Waals surface area (Å²) in [7, 11) is 3.06. The average molecular weight is 398 g/mol. The Labute approximate surface area is 168 Å². The molecule has 0 saturated carbocycles. The molecule has 0 N–H and O–H groups in total. The van der Waals surface area contributed by atoms with Gasteiger partial charge in [-0.1, -0.05) is 0 Å². The van der Waals surface area contributed by atoms with Crippen molar-refractivity contribution in [3.05, 3.63) is 55.9 Å². The fourth-order valence-electron chi connectivity index (χ4n) is 4.32. The molecule has 2 aromatic heterocycles. The molecule has 1 aliphatic heterocycles. The van der Waals surface area contributed by atoms with E-state index in [2.05, 4.69) is 5.10 Å². The lowest BCUT2D eigenvalue weighted by Gasteiger charge is -2.26. The van der Waals surface area contributed by atoms with E-state index in [1.54, 1.807) is 18.0 Å². The van der Waals surface area contributed by atoms with E-state index in [0.29, 0.717) is 18.7 Å². The lowest BCUT2D eigenvalue weighted by Crippen LogP contribution is -2.41. The highest BCUT2D eigenvalue weighted by molar-refractivity contribution is 5.97. The number of hydrogen-bond donors (Lipinski definition) is 0. The van der Waals surface area contributed by atoms with Gasteiger partial charge >= 0.3 is 0 Å². The van der Waals surface area contributed by atoms with Crippen LogP contribution < -0.4 is 15.9 Å². The third-order valence-corrected chi connectivity index (χ3v) is 5.94. The molecule has 2 aliphatic rings. The Morgan fingerprint density at radius 3 is 2.76 bits per heavy atom. The van der Waals surface area contributed by atoms with Crippen molar-refractivity contribution in [1.82, 2.24) is 19.2 Å². The molecule has 3 heterocycles. The number of nitrogens with zero attached hydrogens (tertiary/aromatic N) is 4. The molecule has 1 saturated heterocycles. The molecule has 1 fully saturated rings. The first-order valence-electron chi connectivity index (χ1n) is 10.1. The van der Waals surface area contributed by atoms with Crippen LogP contribution in [-0.2, 0) is 26.4 Å². The molecule has 0 radical (unpaired) electrons. The molecule has 8 heteroatoms. The van der Waals surface area contributed by atoms with Gasteiger partial charge in [0.25, 0.3) is 17.0 Å². The monoisotopic (exact) mass is 398 g/mol. The van der Waals surface area contributed by atoms with Gasteiger partial charge in [0.05, 0.1) is 31.0 Å². The maximum absolute atomic E-state index is 13.2. The summed E-state index contributed by atoms with van der Waals surface area (Å²) in [6, 6.07) is 2.92. The Morgan fingerprint density at radius 1 is 1.17 bits per heavy atom. The standard InChI is InChI=1S/C21H26N4O4/c1-23-13-16(18(29-2)11-19(23)26)21(28)24-9-5-7-15(24)12-25-20(27)10-14-6-3-4-8-17(14)22-25/h10-11,13,15H,3-9,12H2,1-2H3. The summed E-state index contributed by atoms with van der Waals surface area (Å²) in [6.45, 7) is 0.987. The van der Waals surface area contributed by atoms with E-state index in [-0.39, 0.29) is 28.8 Å². The number of rotatable bonds is 4. The van der Waals surface area contributed by atoms with Gasteiger partial charge in [-0.25, -0.2) is 4.68 Å². The number of likely N-dealkylation sites (tertiary alicyclic amines) is 1. The molecule has 1 aliphatic carbocycles. The first-order valence-corrected chi connectivity index (χ1v) is 10.1. The number of aromatic nitrogens is 3. The fourth-order valence-corrected chi connectivity index (χ4v) is 4.32. The van der Waals surface area contributed by atoms with Gasteiger partial charge in [-0.2, -0.15) is 5.10 Å². The third-order valence-electron chi connectivity index (χ3n) is 5.94. The van der Waals surface area contributed by atoms with Crippen molar-refractivity contribution in [2.24, 2.45) is 7.05 Å². The number of fused-ring (bicyclic) bond motifs is 1. The van der Waals surface area contributed by atoms with Crippen molar-refractivity contribution in [2.45, 2.75) is 51.1 Å². The topological polar surface area (TPSA) is 86.4 Å². The molecule has 8 nitrogen and oxygen atoms in total. The summed E-state index contributed by atoms with van der Waals surface area (Å²) in [5.74, 6) is 0.0822. The highest BCUT2D eigenvalue weighted by Gasteiger charge is 2.32. The molecule has 1 unspecified atom stereocenters. The number of aryl methyl sites for hydroxylation is 3. The smallest absolute Gasteiger partial charge is 0.267 e. The summed E-state index contributed by atoms with van der Waals surface area (Å²) in [5, 5.41) is 4.60. The van der Waals surface area contributed by atoms with Crippen LogP contribution in [0.5, 0.6) is 5.75 Å². The maximum atomic E-state index is 13.2. The molecular weight excluding hydrogens is 372 g/mol.